The summed E-state index contributed by atoms with van der Waals surface area (Å²) in [4.78, 5) is 0. The molecule has 0 spiro atoms. The third kappa shape index (κ3) is 2.35. The Morgan fingerprint density at radius 3 is 2.79 bits per heavy atom. The maximum absolute atomic E-state index is 13.2. The van der Waals surface area contributed by atoms with E-state index in [0.717, 1.165) is 5.56 Å². The highest BCUT2D eigenvalue weighted by Crippen LogP contribution is 2.24. The molecule has 0 aromatic heterocycles. The van der Waals surface area contributed by atoms with Crippen molar-refractivity contribution in [2.75, 3.05) is 25.6 Å². The highest BCUT2D eigenvalue weighted by atomic mass is 19.1. The summed E-state index contributed by atoms with van der Waals surface area (Å²) in [6, 6.07) is 2.98. The lowest BCUT2D eigenvalue weighted by molar-refractivity contribution is 0.311. The third-order valence-electron chi connectivity index (χ3n) is 1.93. The normalized spacial score (nSPS) is 10.0. The molecular weight excluding hydrogens is 185 g/mol. The predicted molar refractivity (Wildman–Crippen MR) is 53.3 cm³/mol. The lowest BCUT2D eigenvalue weighted by Gasteiger charge is -2.10. The summed E-state index contributed by atoms with van der Waals surface area (Å²) in [5, 5.41) is 11.5. The number of methoxy groups -OCH3 is 1. The minimum absolute atomic E-state index is 0.0209. The molecular formula is C10H14FNO2. The van der Waals surface area contributed by atoms with Crippen LogP contribution in [-0.4, -0.2) is 25.4 Å². The molecule has 0 aliphatic rings. The highest BCUT2D eigenvalue weighted by Gasteiger charge is 2.06. The van der Waals surface area contributed by atoms with Gasteiger partial charge in [-0.1, -0.05) is 0 Å². The number of anilines is 1. The van der Waals surface area contributed by atoms with Crippen LogP contribution >= 0.6 is 0 Å². The number of ether oxygens (including phenoxy) is 1. The van der Waals surface area contributed by atoms with Crippen molar-refractivity contribution in [3.8, 4) is 5.75 Å². The number of hydrogen-bond acceptors (Lipinski definition) is 3. The molecule has 1 rings (SSSR count). The summed E-state index contributed by atoms with van der Waals surface area (Å²) >= 11 is 0. The van der Waals surface area contributed by atoms with Crippen LogP contribution in [0.1, 0.15) is 5.56 Å². The molecule has 14 heavy (non-hydrogen) atoms. The Bertz CT molecular complexity index is 315. The minimum atomic E-state index is -0.404. The van der Waals surface area contributed by atoms with Gasteiger partial charge in [0.1, 0.15) is 0 Å². The Morgan fingerprint density at radius 1 is 1.50 bits per heavy atom. The lowest BCUT2D eigenvalue weighted by atomic mass is 10.2. The maximum atomic E-state index is 13.2. The molecule has 1 aromatic rings. The van der Waals surface area contributed by atoms with E-state index in [1.54, 1.807) is 6.07 Å². The summed E-state index contributed by atoms with van der Waals surface area (Å²) in [5.74, 6) is -0.171. The van der Waals surface area contributed by atoms with Crippen LogP contribution in [0.3, 0.4) is 0 Å². The van der Waals surface area contributed by atoms with Gasteiger partial charge in [-0.15, -0.1) is 0 Å². The monoisotopic (exact) mass is 199 g/mol. The standard InChI is InChI=1S/C10H14FNO2/c1-7-5-10(14-2)8(11)6-9(7)12-3-4-13/h5-6,12-13H,3-4H2,1-2H3. The molecule has 0 amide bonds. The number of hydrogen-bond donors (Lipinski definition) is 2. The molecule has 0 unspecified atom stereocenters. The zero-order valence-corrected chi connectivity index (χ0v) is 8.30. The van der Waals surface area contributed by atoms with Gasteiger partial charge >= 0.3 is 0 Å². The fourth-order valence-corrected chi connectivity index (χ4v) is 1.19. The summed E-state index contributed by atoms with van der Waals surface area (Å²) in [6.07, 6.45) is 0. The smallest absolute Gasteiger partial charge is 0.167 e. The largest absolute Gasteiger partial charge is 0.494 e. The van der Waals surface area contributed by atoms with Crippen LogP contribution in [0.15, 0.2) is 12.1 Å². The van der Waals surface area contributed by atoms with Gasteiger partial charge in [-0.25, -0.2) is 4.39 Å². The van der Waals surface area contributed by atoms with Gasteiger partial charge in [0.05, 0.1) is 13.7 Å². The fourth-order valence-electron chi connectivity index (χ4n) is 1.19. The van der Waals surface area contributed by atoms with Gasteiger partial charge in [0, 0.05) is 18.3 Å². The van der Waals surface area contributed by atoms with Crippen molar-refractivity contribution in [1.29, 1.82) is 0 Å². The van der Waals surface area contributed by atoms with E-state index in [1.165, 1.54) is 13.2 Å². The molecule has 3 nitrogen and oxygen atoms in total. The first-order chi connectivity index (χ1) is 6.69. The molecule has 0 aliphatic heterocycles. The van der Waals surface area contributed by atoms with Crippen molar-refractivity contribution < 1.29 is 14.2 Å². The summed E-state index contributed by atoms with van der Waals surface area (Å²) < 4.78 is 18.1. The van der Waals surface area contributed by atoms with Crippen molar-refractivity contribution >= 4 is 5.69 Å². The number of benzene rings is 1. The molecule has 0 bridgehead atoms. The number of nitrogens with one attached hydrogen (secondary N) is 1. The SMILES string of the molecule is COc1cc(C)c(NCCO)cc1F. The quantitative estimate of drug-likeness (QED) is 0.773. The first-order valence-corrected chi connectivity index (χ1v) is 4.38. The fraction of sp³-hybridized carbons (Fsp3) is 0.400. The van der Waals surface area contributed by atoms with Gasteiger partial charge in [-0.05, 0) is 18.6 Å². The molecule has 78 valence electrons. The molecule has 1 aromatic carbocycles. The molecule has 4 heteroatoms. The molecule has 0 saturated heterocycles. The average molecular weight is 199 g/mol. The number of aliphatic hydroxyl groups excluding tert-OH is 1. The van der Waals surface area contributed by atoms with Crippen LogP contribution in [0.25, 0.3) is 0 Å². The molecule has 0 saturated carbocycles. The molecule has 0 heterocycles. The zero-order chi connectivity index (χ0) is 10.6. The number of aryl methyl sites for hydroxylation is 1. The second-order valence-corrected chi connectivity index (χ2v) is 2.95. The summed E-state index contributed by atoms with van der Waals surface area (Å²) in [5.41, 5.74) is 1.56. The Kier molecular flexibility index (Phi) is 3.71. The second kappa shape index (κ2) is 4.81. The van der Waals surface area contributed by atoms with Gasteiger partial charge in [0.15, 0.2) is 11.6 Å². The lowest BCUT2D eigenvalue weighted by Crippen LogP contribution is -2.07. The van der Waals surface area contributed by atoms with Crippen molar-refractivity contribution in [1.82, 2.24) is 0 Å². The van der Waals surface area contributed by atoms with E-state index in [4.69, 9.17) is 9.84 Å². The first kappa shape index (κ1) is 10.8. The van der Waals surface area contributed by atoms with Gasteiger partial charge in [-0.2, -0.15) is 0 Å². The average Bonchev–Trinajstić information content (AvgIpc) is 2.18. The van der Waals surface area contributed by atoms with Crippen molar-refractivity contribution in [2.45, 2.75) is 6.92 Å². The predicted octanol–water partition coefficient (Wildman–Crippen LogP) is 1.55. The van der Waals surface area contributed by atoms with Gasteiger partial charge < -0.3 is 15.2 Å². The molecule has 0 aliphatic carbocycles. The first-order valence-electron chi connectivity index (χ1n) is 4.38. The van der Waals surface area contributed by atoms with Crippen LogP contribution in [0.4, 0.5) is 10.1 Å². The van der Waals surface area contributed by atoms with Crippen LogP contribution in [0, 0.1) is 12.7 Å². The van der Waals surface area contributed by atoms with E-state index >= 15 is 0 Å². The number of aliphatic hydroxyl groups is 1. The summed E-state index contributed by atoms with van der Waals surface area (Å²) in [6.45, 7) is 2.28. The van der Waals surface area contributed by atoms with E-state index in [9.17, 15) is 4.39 Å². The molecule has 0 fully saturated rings. The topological polar surface area (TPSA) is 41.5 Å². The van der Waals surface area contributed by atoms with E-state index < -0.39 is 5.82 Å². The zero-order valence-electron chi connectivity index (χ0n) is 8.30. The highest BCUT2D eigenvalue weighted by molar-refractivity contribution is 5.54. The third-order valence-corrected chi connectivity index (χ3v) is 1.93. The Hall–Kier alpha value is -1.29. The Labute approximate surface area is 82.5 Å². The summed E-state index contributed by atoms with van der Waals surface area (Å²) in [7, 11) is 1.43. The van der Waals surface area contributed by atoms with Crippen molar-refractivity contribution in [3.05, 3.63) is 23.5 Å². The van der Waals surface area contributed by atoms with Crippen molar-refractivity contribution in [2.24, 2.45) is 0 Å². The number of rotatable bonds is 4. The molecule has 2 N–H and O–H groups in total. The maximum Gasteiger partial charge on any atom is 0.167 e. The van der Waals surface area contributed by atoms with Gasteiger partial charge in [0.2, 0.25) is 0 Å². The molecule has 0 atom stereocenters. The van der Waals surface area contributed by atoms with Crippen LogP contribution < -0.4 is 10.1 Å². The van der Waals surface area contributed by atoms with Crippen LogP contribution in [0.5, 0.6) is 5.75 Å². The number of halogens is 1. The van der Waals surface area contributed by atoms with Crippen LogP contribution in [0.2, 0.25) is 0 Å². The van der Waals surface area contributed by atoms with Gasteiger partial charge in [-0.3, -0.25) is 0 Å². The Morgan fingerprint density at radius 2 is 2.21 bits per heavy atom. The molecule has 0 radical (unpaired) electrons. The van der Waals surface area contributed by atoms with E-state index in [0.29, 0.717) is 12.2 Å². The van der Waals surface area contributed by atoms with Gasteiger partial charge in [0.25, 0.3) is 0 Å². The Balaban J connectivity index is 2.90. The second-order valence-electron chi connectivity index (χ2n) is 2.95. The van der Waals surface area contributed by atoms with E-state index in [-0.39, 0.29) is 12.4 Å². The van der Waals surface area contributed by atoms with E-state index in [2.05, 4.69) is 5.32 Å². The van der Waals surface area contributed by atoms with E-state index in [1.807, 2.05) is 6.92 Å². The van der Waals surface area contributed by atoms with Crippen LogP contribution in [-0.2, 0) is 0 Å². The minimum Gasteiger partial charge on any atom is -0.494 e. The van der Waals surface area contributed by atoms with Crippen molar-refractivity contribution in [3.63, 3.8) is 0 Å².